The zero-order valence-corrected chi connectivity index (χ0v) is 15.3. The molecule has 1 aliphatic heterocycles. The van der Waals surface area contributed by atoms with Crippen molar-refractivity contribution in [3.63, 3.8) is 0 Å². The summed E-state index contributed by atoms with van der Waals surface area (Å²) in [5.74, 6) is 0.767. The lowest BCUT2D eigenvalue weighted by molar-refractivity contribution is 0.0954. The van der Waals surface area contributed by atoms with Crippen LogP contribution in [0.2, 0.25) is 0 Å². The standard InChI is InChI=1S/C19H31N5O/c1-2-20-19(23-13-16-24-14-7-4-8-15-24)22-12-11-21-18(25)17-9-5-3-6-10-17/h3,5-6,9-10H,2,4,7-8,11-16H2,1H3,(H,21,25)(H2,20,22,23). The molecule has 0 atom stereocenters. The van der Waals surface area contributed by atoms with Crippen LogP contribution in [0.25, 0.3) is 0 Å². The fraction of sp³-hybridized carbons (Fsp3) is 0.579. The third kappa shape index (κ3) is 7.56. The summed E-state index contributed by atoms with van der Waals surface area (Å²) in [5, 5.41) is 9.43. The van der Waals surface area contributed by atoms with Gasteiger partial charge in [0.15, 0.2) is 5.96 Å². The fourth-order valence-corrected chi connectivity index (χ4v) is 2.88. The van der Waals surface area contributed by atoms with E-state index in [2.05, 4.69) is 32.8 Å². The smallest absolute Gasteiger partial charge is 0.251 e. The highest BCUT2D eigenvalue weighted by Gasteiger charge is 2.09. The summed E-state index contributed by atoms with van der Waals surface area (Å²) in [6, 6.07) is 9.27. The molecule has 1 amide bonds. The number of aliphatic imine (C=N–C) groups is 1. The molecule has 0 aromatic heterocycles. The molecule has 0 aliphatic carbocycles. The van der Waals surface area contributed by atoms with Gasteiger partial charge in [0.1, 0.15) is 0 Å². The molecule has 0 unspecified atom stereocenters. The number of amides is 1. The van der Waals surface area contributed by atoms with Crippen LogP contribution in [0, 0.1) is 0 Å². The van der Waals surface area contributed by atoms with Crippen LogP contribution in [0.4, 0.5) is 0 Å². The topological polar surface area (TPSA) is 68.8 Å². The Kier molecular flexibility index (Phi) is 8.83. The predicted octanol–water partition coefficient (Wildman–Crippen LogP) is 1.46. The third-order valence-corrected chi connectivity index (χ3v) is 4.22. The Hall–Kier alpha value is -2.08. The first-order valence-electron chi connectivity index (χ1n) is 9.37. The number of carbonyl (C=O) groups excluding carboxylic acids is 1. The van der Waals surface area contributed by atoms with E-state index in [0.29, 0.717) is 18.7 Å². The second kappa shape index (κ2) is 11.5. The van der Waals surface area contributed by atoms with E-state index >= 15 is 0 Å². The Morgan fingerprint density at radius 1 is 1.04 bits per heavy atom. The lowest BCUT2D eigenvalue weighted by Gasteiger charge is -2.25. The molecule has 0 radical (unpaired) electrons. The maximum absolute atomic E-state index is 12.0. The monoisotopic (exact) mass is 345 g/mol. The van der Waals surface area contributed by atoms with E-state index in [9.17, 15) is 4.79 Å². The van der Waals surface area contributed by atoms with Crippen molar-refractivity contribution < 1.29 is 4.79 Å². The summed E-state index contributed by atoms with van der Waals surface area (Å²) in [7, 11) is 0. The fourth-order valence-electron chi connectivity index (χ4n) is 2.88. The molecule has 2 rings (SSSR count). The average Bonchev–Trinajstić information content (AvgIpc) is 2.66. The van der Waals surface area contributed by atoms with Crippen molar-refractivity contribution in [1.82, 2.24) is 20.9 Å². The average molecular weight is 345 g/mol. The highest BCUT2D eigenvalue weighted by Crippen LogP contribution is 2.07. The van der Waals surface area contributed by atoms with Crippen LogP contribution in [-0.4, -0.2) is 62.6 Å². The van der Waals surface area contributed by atoms with E-state index < -0.39 is 0 Å². The summed E-state index contributed by atoms with van der Waals surface area (Å²) in [4.78, 5) is 19.1. The molecule has 0 spiro atoms. The number of nitrogens with one attached hydrogen (secondary N) is 3. The van der Waals surface area contributed by atoms with E-state index in [0.717, 1.165) is 25.6 Å². The number of likely N-dealkylation sites (tertiary alicyclic amines) is 1. The van der Waals surface area contributed by atoms with Gasteiger partial charge in [-0.25, -0.2) is 0 Å². The van der Waals surface area contributed by atoms with E-state index in [-0.39, 0.29) is 5.91 Å². The van der Waals surface area contributed by atoms with Gasteiger partial charge in [-0.05, 0) is 45.0 Å². The van der Waals surface area contributed by atoms with Crippen molar-refractivity contribution in [3.8, 4) is 0 Å². The molecule has 1 aromatic carbocycles. The van der Waals surface area contributed by atoms with Crippen molar-refractivity contribution in [2.45, 2.75) is 26.2 Å². The molecular weight excluding hydrogens is 314 g/mol. The van der Waals surface area contributed by atoms with Crippen molar-refractivity contribution in [1.29, 1.82) is 0 Å². The first kappa shape index (κ1) is 19.2. The van der Waals surface area contributed by atoms with Gasteiger partial charge in [0.05, 0.1) is 6.54 Å². The minimum atomic E-state index is -0.0468. The molecule has 0 saturated carbocycles. The molecule has 138 valence electrons. The first-order valence-corrected chi connectivity index (χ1v) is 9.37. The molecule has 25 heavy (non-hydrogen) atoms. The summed E-state index contributed by atoms with van der Waals surface area (Å²) < 4.78 is 0. The Bertz CT molecular complexity index is 526. The Labute approximate surface area is 151 Å². The van der Waals surface area contributed by atoms with Crippen LogP contribution >= 0.6 is 0 Å². The zero-order valence-electron chi connectivity index (χ0n) is 15.3. The summed E-state index contributed by atoms with van der Waals surface area (Å²) >= 11 is 0. The Balaban J connectivity index is 1.66. The highest BCUT2D eigenvalue weighted by atomic mass is 16.1. The number of piperidine rings is 1. The van der Waals surface area contributed by atoms with Gasteiger partial charge in [-0.2, -0.15) is 0 Å². The molecule has 6 heteroatoms. The van der Waals surface area contributed by atoms with Gasteiger partial charge in [-0.3, -0.25) is 9.79 Å². The molecule has 1 saturated heterocycles. The minimum Gasteiger partial charge on any atom is -0.357 e. The van der Waals surface area contributed by atoms with Crippen molar-refractivity contribution in [3.05, 3.63) is 35.9 Å². The molecule has 6 nitrogen and oxygen atoms in total. The van der Waals surface area contributed by atoms with Gasteiger partial charge < -0.3 is 20.9 Å². The zero-order chi connectivity index (χ0) is 17.7. The van der Waals surface area contributed by atoms with Crippen LogP contribution in [0.3, 0.4) is 0 Å². The second-order valence-electron chi connectivity index (χ2n) is 6.21. The molecule has 1 aliphatic rings. The Morgan fingerprint density at radius 3 is 2.48 bits per heavy atom. The van der Waals surface area contributed by atoms with E-state index in [1.54, 1.807) is 0 Å². The quantitative estimate of drug-likeness (QED) is 0.379. The highest BCUT2D eigenvalue weighted by molar-refractivity contribution is 5.94. The van der Waals surface area contributed by atoms with Gasteiger partial charge in [-0.15, -0.1) is 0 Å². The maximum Gasteiger partial charge on any atom is 0.251 e. The van der Waals surface area contributed by atoms with Crippen LogP contribution in [0.1, 0.15) is 36.5 Å². The minimum absolute atomic E-state index is 0.0468. The normalized spacial score (nSPS) is 15.6. The largest absolute Gasteiger partial charge is 0.357 e. The molecule has 1 fully saturated rings. The van der Waals surface area contributed by atoms with Crippen LogP contribution in [-0.2, 0) is 0 Å². The first-order chi connectivity index (χ1) is 12.3. The number of rotatable bonds is 8. The lowest BCUT2D eigenvalue weighted by atomic mass is 10.1. The number of hydrogen-bond donors (Lipinski definition) is 3. The predicted molar refractivity (Wildman–Crippen MR) is 103 cm³/mol. The number of carbonyl (C=O) groups is 1. The van der Waals surface area contributed by atoms with Crippen LogP contribution < -0.4 is 16.0 Å². The van der Waals surface area contributed by atoms with E-state index in [1.165, 1.54) is 32.4 Å². The summed E-state index contributed by atoms with van der Waals surface area (Å²) in [6.07, 6.45) is 3.98. The van der Waals surface area contributed by atoms with Gasteiger partial charge in [0.2, 0.25) is 0 Å². The van der Waals surface area contributed by atoms with Crippen LogP contribution in [0.5, 0.6) is 0 Å². The van der Waals surface area contributed by atoms with Gasteiger partial charge in [-0.1, -0.05) is 24.6 Å². The summed E-state index contributed by atoms with van der Waals surface area (Å²) in [5.41, 5.74) is 0.685. The molecule has 1 aromatic rings. The van der Waals surface area contributed by atoms with Gasteiger partial charge in [0, 0.05) is 31.7 Å². The van der Waals surface area contributed by atoms with Crippen molar-refractivity contribution in [2.24, 2.45) is 4.99 Å². The molecular formula is C19H31N5O. The van der Waals surface area contributed by atoms with E-state index in [1.807, 2.05) is 30.3 Å². The molecule has 1 heterocycles. The maximum atomic E-state index is 12.0. The van der Waals surface area contributed by atoms with E-state index in [4.69, 9.17) is 0 Å². The third-order valence-electron chi connectivity index (χ3n) is 4.22. The van der Waals surface area contributed by atoms with Crippen LogP contribution in [0.15, 0.2) is 35.3 Å². The molecule has 0 bridgehead atoms. The lowest BCUT2D eigenvalue weighted by Crippen LogP contribution is -2.42. The molecule has 3 N–H and O–H groups in total. The number of nitrogens with zero attached hydrogens (tertiary/aromatic N) is 2. The number of guanidine groups is 1. The van der Waals surface area contributed by atoms with Gasteiger partial charge >= 0.3 is 0 Å². The van der Waals surface area contributed by atoms with Crippen molar-refractivity contribution in [2.75, 3.05) is 45.8 Å². The SMILES string of the molecule is CCNC(=NCCN1CCCCC1)NCCNC(=O)c1ccccc1. The Morgan fingerprint density at radius 2 is 1.76 bits per heavy atom. The van der Waals surface area contributed by atoms with Crippen molar-refractivity contribution >= 4 is 11.9 Å². The number of benzene rings is 1. The van der Waals surface area contributed by atoms with Gasteiger partial charge in [0.25, 0.3) is 5.91 Å². The number of hydrogen-bond acceptors (Lipinski definition) is 3. The second-order valence-corrected chi connectivity index (χ2v) is 6.21. The summed E-state index contributed by atoms with van der Waals surface area (Å²) in [6.45, 7) is 8.30.